The molecule has 0 aromatic heterocycles. The molecule has 1 rings (SSSR count). The molecule has 1 amide bonds. The quantitative estimate of drug-likeness (QED) is 0.626. The van der Waals surface area contributed by atoms with Crippen LogP contribution in [0.1, 0.15) is 0 Å². The molecule has 0 saturated carbocycles. The fraction of sp³-hybridized carbons (Fsp3) is 0.400. The molecule has 0 spiro atoms. The van der Waals surface area contributed by atoms with Crippen LogP contribution in [0.25, 0.3) is 0 Å². The van der Waals surface area contributed by atoms with Crippen LogP contribution in [-0.4, -0.2) is 24.1 Å². The van der Waals surface area contributed by atoms with Gasteiger partial charge in [-0.1, -0.05) is 15.9 Å². The van der Waals surface area contributed by atoms with E-state index in [-0.39, 0.29) is 6.09 Å². The van der Waals surface area contributed by atoms with Gasteiger partial charge in [-0.3, -0.25) is 4.90 Å². The van der Waals surface area contributed by atoms with E-state index in [0.717, 1.165) is 0 Å². The summed E-state index contributed by atoms with van der Waals surface area (Å²) in [6.45, 7) is 1.15. The molecule has 0 aromatic rings. The summed E-state index contributed by atoms with van der Waals surface area (Å²) in [5.74, 6) is 0. The van der Waals surface area contributed by atoms with E-state index in [4.69, 9.17) is 0 Å². The molecule has 1 aliphatic rings. The van der Waals surface area contributed by atoms with Crippen molar-refractivity contribution < 1.29 is 9.53 Å². The summed E-state index contributed by atoms with van der Waals surface area (Å²) in [7, 11) is 0. The van der Waals surface area contributed by atoms with Crippen molar-refractivity contribution in [2.45, 2.75) is 0 Å². The number of hydrogen-bond donors (Lipinski definition) is 0. The van der Waals surface area contributed by atoms with Gasteiger partial charge in [-0.05, 0) is 4.99 Å². The van der Waals surface area contributed by atoms with Crippen molar-refractivity contribution >= 4 is 22.0 Å². The molecule has 1 aliphatic heterocycles. The minimum atomic E-state index is -0.272. The van der Waals surface area contributed by atoms with Crippen LogP contribution >= 0.6 is 15.9 Å². The molecule has 9 heavy (non-hydrogen) atoms. The molecule has 0 radical (unpaired) electrons. The Bertz CT molecular complexity index is 146. The normalized spacial score (nSPS) is 19.2. The molecular formula is C5H6BrNO2. The predicted molar refractivity (Wildman–Crippen MR) is 36.1 cm³/mol. The first-order chi connectivity index (χ1) is 4.34. The monoisotopic (exact) mass is 191 g/mol. The van der Waals surface area contributed by atoms with E-state index >= 15 is 0 Å². The number of amides is 1. The molecule has 0 aliphatic carbocycles. The lowest BCUT2D eigenvalue weighted by Gasteiger charge is -2.01. The molecule has 3 nitrogen and oxygen atoms in total. The van der Waals surface area contributed by atoms with E-state index in [1.807, 2.05) is 0 Å². The zero-order valence-corrected chi connectivity index (χ0v) is 6.30. The maximum absolute atomic E-state index is 10.6. The fourth-order valence-electron chi connectivity index (χ4n) is 0.609. The Balaban J connectivity index is 2.49. The second kappa shape index (κ2) is 2.87. The second-order valence-electron chi connectivity index (χ2n) is 1.58. The standard InChI is InChI=1S/C5H6BrNO2/c6-1-2-7-3-4-9-5(7)8/h1-2H,3-4H2/b2-1-. The lowest BCUT2D eigenvalue weighted by atomic mass is 10.6. The molecule has 50 valence electrons. The first-order valence-electron chi connectivity index (χ1n) is 2.55. The highest BCUT2D eigenvalue weighted by molar-refractivity contribution is 9.11. The first kappa shape index (κ1) is 6.61. The molecular weight excluding hydrogens is 186 g/mol. The van der Waals surface area contributed by atoms with Gasteiger partial charge in [-0.2, -0.15) is 0 Å². The molecule has 0 atom stereocenters. The Morgan fingerprint density at radius 1 is 1.78 bits per heavy atom. The molecule has 0 aromatic carbocycles. The summed E-state index contributed by atoms with van der Waals surface area (Å²) in [5.41, 5.74) is 0. The number of carbonyl (C=O) groups is 1. The third-order valence-electron chi connectivity index (χ3n) is 1.03. The van der Waals surface area contributed by atoms with Crippen molar-refractivity contribution in [2.75, 3.05) is 13.2 Å². The average Bonchev–Trinajstić information content (AvgIpc) is 2.18. The van der Waals surface area contributed by atoms with E-state index in [9.17, 15) is 4.79 Å². The van der Waals surface area contributed by atoms with Crippen molar-refractivity contribution in [3.05, 3.63) is 11.2 Å². The maximum Gasteiger partial charge on any atom is 0.413 e. The molecule has 1 fully saturated rings. The van der Waals surface area contributed by atoms with E-state index in [0.29, 0.717) is 13.2 Å². The van der Waals surface area contributed by atoms with E-state index in [2.05, 4.69) is 20.7 Å². The van der Waals surface area contributed by atoms with Crippen LogP contribution in [0.15, 0.2) is 11.2 Å². The molecule has 0 N–H and O–H groups in total. The van der Waals surface area contributed by atoms with Gasteiger partial charge in [0.25, 0.3) is 0 Å². The van der Waals surface area contributed by atoms with Crippen LogP contribution in [0, 0.1) is 0 Å². The zero-order valence-electron chi connectivity index (χ0n) is 4.71. The highest BCUT2D eigenvalue weighted by Crippen LogP contribution is 2.03. The number of nitrogens with zero attached hydrogens (tertiary/aromatic N) is 1. The van der Waals surface area contributed by atoms with Gasteiger partial charge in [0.15, 0.2) is 0 Å². The summed E-state index contributed by atoms with van der Waals surface area (Å²) < 4.78 is 4.63. The second-order valence-corrected chi connectivity index (χ2v) is 2.11. The minimum absolute atomic E-state index is 0.272. The number of ether oxygens (including phenoxy) is 1. The van der Waals surface area contributed by atoms with Gasteiger partial charge >= 0.3 is 6.09 Å². The van der Waals surface area contributed by atoms with E-state index < -0.39 is 0 Å². The van der Waals surface area contributed by atoms with Crippen molar-refractivity contribution in [3.63, 3.8) is 0 Å². The Kier molecular flexibility index (Phi) is 2.10. The lowest BCUT2D eigenvalue weighted by Crippen LogP contribution is -2.16. The Hall–Kier alpha value is -0.510. The van der Waals surface area contributed by atoms with Crippen LogP contribution in [0.4, 0.5) is 4.79 Å². The third-order valence-corrected chi connectivity index (χ3v) is 1.26. The Morgan fingerprint density at radius 3 is 3.00 bits per heavy atom. The van der Waals surface area contributed by atoms with Crippen molar-refractivity contribution in [3.8, 4) is 0 Å². The van der Waals surface area contributed by atoms with Gasteiger partial charge in [0.1, 0.15) is 6.61 Å². The van der Waals surface area contributed by atoms with Gasteiger partial charge in [0, 0.05) is 6.20 Å². The van der Waals surface area contributed by atoms with Gasteiger partial charge in [-0.15, -0.1) is 0 Å². The summed E-state index contributed by atoms with van der Waals surface area (Å²) in [6.07, 6.45) is 1.36. The molecule has 1 saturated heterocycles. The van der Waals surface area contributed by atoms with Crippen molar-refractivity contribution in [1.82, 2.24) is 4.90 Å². The minimum Gasteiger partial charge on any atom is -0.447 e. The fourth-order valence-corrected chi connectivity index (χ4v) is 0.894. The molecule has 4 heteroatoms. The summed E-state index contributed by atoms with van der Waals surface area (Å²) in [6, 6.07) is 0. The van der Waals surface area contributed by atoms with E-state index in [1.165, 1.54) is 4.90 Å². The predicted octanol–water partition coefficient (Wildman–Crippen LogP) is 1.30. The van der Waals surface area contributed by atoms with Gasteiger partial charge in [0.05, 0.1) is 6.54 Å². The number of rotatable bonds is 1. The molecule has 1 heterocycles. The molecule has 0 bridgehead atoms. The van der Waals surface area contributed by atoms with Crippen LogP contribution in [-0.2, 0) is 4.74 Å². The SMILES string of the molecule is O=C1OCCN1/C=C\Br. The number of cyclic esters (lactones) is 1. The van der Waals surface area contributed by atoms with Crippen LogP contribution in [0.5, 0.6) is 0 Å². The summed E-state index contributed by atoms with van der Waals surface area (Å²) >= 11 is 3.06. The smallest absolute Gasteiger partial charge is 0.413 e. The largest absolute Gasteiger partial charge is 0.447 e. The average molecular weight is 192 g/mol. The molecule has 0 unspecified atom stereocenters. The highest BCUT2D eigenvalue weighted by atomic mass is 79.9. The lowest BCUT2D eigenvalue weighted by molar-refractivity contribution is 0.166. The highest BCUT2D eigenvalue weighted by Gasteiger charge is 2.18. The number of halogens is 1. The van der Waals surface area contributed by atoms with Crippen LogP contribution in [0.2, 0.25) is 0 Å². The zero-order chi connectivity index (χ0) is 6.69. The Morgan fingerprint density at radius 2 is 2.56 bits per heavy atom. The van der Waals surface area contributed by atoms with E-state index in [1.54, 1.807) is 11.2 Å². The van der Waals surface area contributed by atoms with Crippen molar-refractivity contribution in [2.24, 2.45) is 0 Å². The van der Waals surface area contributed by atoms with Gasteiger partial charge in [-0.25, -0.2) is 4.79 Å². The van der Waals surface area contributed by atoms with Gasteiger partial charge in [0.2, 0.25) is 0 Å². The van der Waals surface area contributed by atoms with Crippen LogP contribution < -0.4 is 0 Å². The van der Waals surface area contributed by atoms with Crippen molar-refractivity contribution in [1.29, 1.82) is 0 Å². The Labute approximate surface area is 61.4 Å². The van der Waals surface area contributed by atoms with Gasteiger partial charge < -0.3 is 4.74 Å². The summed E-state index contributed by atoms with van der Waals surface area (Å²) in [4.78, 5) is 13.7. The third kappa shape index (κ3) is 1.45. The first-order valence-corrected chi connectivity index (χ1v) is 3.46. The number of carbonyl (C=O) groups excluding carboxylic acids is 1. The number of hydrogen-bond acceptors (Lipinski definition) is 2. The maximum atomic E-state index is 10.6. The topological polar surface area (TPSA) is 29.5 Å². The van der Waals surface area contributed by atoms with Crippen LogP contribution in [0.3, 0.4) is 0 Å². The summed E-state index contributed by atoms with van der Waals surface area (Å²) in [5, 5.41) is 0.